The summed E-state index contributed by atoms with van der Waals surface area (Å²) in [6, 6.07) is 16.2. The van der Waals surface area contributed by atoms with E-state index >= 15 is 0 Å². The Hall–Kier alpha value is -6.40. The van der Waals surface area contributed by atoms with Crippen LogP contribution in [-0.2, 0) is 15.8 Å². The standard InChI is InChI=1S/C42H41F3N10O5/c43-42(44,45)24-3-8-30(9-4-24)60-29-6-1-23(2-7-29)36(46)35-37(47)48-22-49-38(35)50-25-13-15-52(16-14-25)27-18-54(19-27)28-20-53(21-28)26-5-10-31-32(17-26)41(59)55(40(31)58)33-11-12-34(56)51-39(33)57/h1-10,17,22,25,27-28,33,46H,11-16,18-21H2,(H,51,56,57)(H3,47,48,49,50). The van der Waals surface area contributed by atoms with Crippen molar-refractivity contribution in [3.05, 3.63) is 101 Å². The number of ether oxygens (including phenoxy) is 1. The SMILES string of the molecule is N=C(c1ccc(Oc2ccc(C(F)(F)F)cc2)cc1)c1c(N)ncnc1NC1CCN(C2CN(C3CN(c4ccc5c(c4)C(=O)N(C4CCC(=O)NC4=O)C5=O)C3)C2)CC1. The Balaban J connectivity index is 0.740. The number of alkyl halides is 3. The minimum absolute atomic E-state index is 0.0750. The predicted molar refractivity (Wildman–Crippen MR) is 213 cm³/mol. The van der Waals surface area contributed by atoms with Crippen LogP contribution in [0.5, 0.6) is 11.5 Å². The number of nitrogens with one attached hydrogen (secondary N) is 3. The molecule has 18 heteroatoms. The van der Waals surface area contributed by atoms with Gasteiger partial charge in [-0.2, -0.15) is 13.2 Å². The summed E-state index contributed by atoms with van der Waals surface area (Å²) in [5.41, 5.74) is 7.98. The lowest BCUT2D eigenvalue weighted by Crippen LogP contribution is -2.70. The molecule has 60 heavy (non-hydrogen) atoms. The summed E-state index contributed by atoms with van der Waals surface area (Å²) in [4.78, 5) is 67.2. The van der Waals surface area contributed by atoms with Crippen molar-refractivity contribution in [2.24, 2.45) is 0 Å². The van der Waals surface area contributed by atoms with E-state index in [2.05, 4.69) is 35.3 Å². The number of piperidine rings is 2. The second kappa shape index (κ2) is 15.3. The van der Waals surface area contributed by atoms with E-state index in [1.165, 1.54) is 18.5 Å². The van der Waals surface area contributed by atoms with Gasteiger partial charge in [0.25, 0.3) is 11.8 Å². The van der Waals surface area contributed by atoms with Gasteiger partial charge in [-0.1, -0.05) is 0 Å². The first-order valence-electron chi connectivity index (χ1n) is 19.8. The molecule has 9 rings (SSSR count). The first kappa shape index (κ1) is 39.1. The second-order valence-corrected chi connectivity index (χ2v) is 15.8. The molecule has 4 aromatic rings. The van der Waals surface area contributed by atoms with Crippen molar-refractivity contribution in [2.45, 2.75) is 56.0 Å². The van der Waals surface area contributed by atoms with Crippen LogP contribution in [0.2, 0.25) is 0 Å². The molecular formula is C42H41F3N10O5. The molecule has 0 aliphatic carbocycles. The Kier molecular flexibility index (Phi) is 9.98. The minimum atomic E-state index is -4.44. The highest BCUT2D eigenvalue weighted by Crippen LogP contribution is 2.35. The summed E-state index contributed by atoms with van der Waals surface area (Å²) < 4.78 is 44.5. The smallest absolute Gasteiger partial charge is 0.416 e. The average molecular weight is 823 g/mol. The van der Waals surface area contributed by atoms with E-state index in [-0.39, 0.29) is 47.3 Å². The van der Waals surface area contributed by atoms with Gasteiger partial charge in [0.1, 0.15) is 35.5 Å². The Morgan fingerprint density at radius 1 is 0.817 bits per heavy atom. The molecule has 4 saturated heterocycles. The number of rotatable bonds is 10. The third-order valence-electron chi connectivity index (χ3n) is 12.1. The number of anilines is 3. The molecule has 3 aromatic carbocycles. The van der Waals surface area contributed by atoms with E-state index in [0.29, 0.717) is 34.8 Å². The number of hydrogen-bond donors (Lipinski definition) is 4. The number of nitrogens with zero attached hydrogens (tertiary/aromatic N) is 6. The number of imide groups is 2. The summed E-state index contributed by atoms with van der Waals surface area (Å²) in [5, 5.41) is 14.7. The van der Waals surface area contributed by atoms with Crippen LogP contribution in [0.3, 0.4) is 0 Å². The van der Waals surface area contributed by atoms with Crippen molar-refractivity contribution in [3.63, 3.8) is 0 Å². The van der Waals surface area contributed by atoms with Crippen molar-refractivity contribution in [1.82, 2.24) is 30.0 Å². The van der Waals surface area contributed by atoms with E-state index < -0.39 is 41.4 Å². The quantitative estimate of drug-likeness (QED) is 0.132. The number of halogens is 3. The van der Waals surface area contributed by atoms with Crippen molar-refractivity contribution in [1.29, 1.82) is 5.41 Å². The van der Waals surface area contributed by atoms with Crippen LogP contribution >= 0.6 is 0 Å². The molecule has 4 fully saturated rings. The Morgan fingerprint density at radius 2 is 1.47 bits per heavy atom. The maximum absolute atomic E-state index is 13.3. The van der Waals surface area contributed by atoms with E-state index in [0.717, 1.165) is 74.8 Å². The van der Waals surface area contributed by atoms with Gasteiger partial charge in [-0.05, 0) is 86.0 Å². The lowest BCUT2D eigenvalue weighted by Gasteiger charge is -2.55. The topological polar surface area (TPSA) is 190 Å². The van der Waals surface area contributed by atoms with Crippen LogP contribution < -0.4 is 26.0 Å². The van der Waals surface area contributed by atoms with Gasteiger partial charge < -0.3 is 20.7 Å². The molecule has 5 aliphatic rings. The zero-order valence-corrected chi connectivity index (χ0v) is 32.2. The highest BCUT2D eigenvalue weighted by molar-refractivity contribution is 6.23. The summed E-state index contributed by atoms with van der Waals surface area (Å²) in [5.74, 6) is -0.757. The largest absolute Gasteiger partial charge is 0.457 e. The fourth-order valence-electron chi connectivity index (χ4n) is 8.61. The number of carbonyl (C=O) groups excluding carboxylic acids is 4. The number of likely N-dealkylation sites (tertiary alicyclic amines) is 2. The monoisotopic (exact) mass is 822 g/mol. The van der Waals surface area contributed by atoms with Gasteiger partial charge in [0.15, 0.2) is 0 Å². The molecule has 0 saturated carbocycles. The van der Waals surface area contributed by atoms with Gasteiger partial charge in [0.2, 0.25) is 11.8 Å². The van der Waals surface area contributed by atoms with E-state index in [1.807, 2.05) is 6.07 Å². The molecule has 15 nitrogen and oxygen atoms in total. The molecule has 0 radical (unpaired) electrons. The number of hydrogen-bond acceptors (Lipinski definition) is 13. The van der Waals surface area contributed by atoms with Crippen LogP contribution in [0.4, 0.5) is 30.5 Å². The van der Waals surface area contributed by atoms with Gasteiger partial charge in [-0.25, -0.2) is 9.97 Å². The molecule has 1 unspecified atom stereocenters. The van der Waals surface area contributed by atoms with Crippen molar-refractivity contribution >= 4 is 46.7 Å². The van der Waals surface area contributed by atoms with Crippen molar-refractivity contribution < 1.29 is 37.1 Å². The van der Waals surface area contributed by atoms with E-state index in [1.54, 1.807) is 36.4 Å². The zero-order chi connectivity index (χ0) is 41.9. The number of carbonyl (C=O) groups is 4. The van der Waals surface area contributed by atoms with Gasteiger partial charge in [0, 0.05) is 75.1 Å². The van der Waals surface area contributed by atoms with Crippen LogP contribution in [0, 0.1) is 5.41 Å². The number of fused-ring (bicyclic) bond motifs is 1. The predicted octanol–water partition coefficient (Wildman–Crippen LogP) is 4.14. The van der Waals surface area contributed by atoms with E-state index in [9.17, 15) is 32.3 Å². The van der Waals surface area contributed by atoms with Gasteiger partial charge in [-0.3, -0.25) is 44.6 Å². The molecular weight excluding hydrogens is 782 g/mol. The number of aromatic nitrogens is 2. The van der Waals surface area contributed by atoms with Crippen LogP contribution in [-0.4, -0.2) is 117 Å². The first-order valence-corrected chi connectivity index (χ1v) is 19.8. The number of benzene rings is 3. The molecule has 5 aliphatic heterocycles. The molecule has 5 N–H and O–H groups in total. The third-order valence-corrected chi connectivity index (χ3v) is 12.1. The van der Waals surface area contributed by atoms with E-state index in [4.69, 9.17) is 15.9 Å². The zero-order valence-electron chi connectivity index (χ0n) is 32.2. The highest BCUT2D eigenvalue weighted by Gasteiger charge is 2.46. The molecule has 1 atom stereocenters. The average Bonchev–Trinajstić information content (AvgIpc) is 3.43. The van der Waals surface area contributed by atoms with Crippen molar-refractivity contribution in [2.75, 3.05) is 55.2 Å². The lowest BCUT2D eigenvalue weighted by molar-refractivity contribution is -0.138. The van der Waals surface area contributed by atoms with Gasteiger partial charge in [-0.15, -0.1) is 0 Å². The Bertz CT molecular complexity index is 2370. The van der Waals surface area contributed by atoms with Crippen molar-refractivity contribution in [3.8, 4) is 11.5 Å². The molecule has 0 spiro atoms. The first-order chi connectivity index (χ1) is 28.8. The summed E-state index contributed by atoms with van der Waals surface area (Å²) in [6.07, 6.45) is -1.12. The number of amides is 4. The number of nitrogens with two attached hydrogens (primary N) is 1. The van der Waals surface area contributed by atoms with Gasteiger partial charge >= 0.3 is 6.18 Å². The fraction of sp³-hybridized carbons (Fsp3) is 0.357. The van der Waals surface area contributed by atoms with Crippen LogP contribution in [0.25, 0.3) is 0 Å². The van der Waals surface area contributed by atoms with Crippen LogP contribution in [0.15, 0.2) is 73.1 Å². The summed E-state index contributed by atoms with van der Waals surface area (Å²) >= 11 is 0. The summed E-state index contributed by atoms with van der Waals surface area (Å²) in [7, 11) is 0. The normalized spacial score (nSPS) is 20.8. The minimum Gasteiger partial charge on any atom is -0.457 e. The fourth-order valence-corrected chi connectivity index (χ4v) is 8.61. The maximum Gasteiger partial charge on any atom is 0.416 e. The molecule has 0 bridgehead atoms. The second-order valence-electron chi connectivity index (χ2n) is 15.8. The number of nitrogen functional groups attached to an aromatic ring is 1. The Morgan fingerprint density at radius 3 is 2.13 bits per heavy atom. The molecule has 310 valence electrons. The third kappa shape index (κ3) is 7.40. The molecule has 6 heterocycles. The summed E-state index contributed by atoms with van der Waals surface area (Å²) in [6.45, 7) is 5.34. The highest BCUT2D eigenvalue weighted by atomic mass is 19.4. The molecule has 1 aromatic heterocycles. The maximum atomic E-state index is 13.3. The lowest BCUT2D eigenvalue weighted by atomic mass is 9.95. The van der Waals surface area contributed by atoms with Gasteiger partial charge in [0.05, 0.1) is 28.0 Å². The molecule has 4 amide bonds. The Labute approximate surface area is 342 Å². The van der Waals surface area contributed by atoms with Crippen LogP contribution in [0.1, 0.15) is 63.1 Å².